The number of esters is 2. The van der Waals surface area contributed by atoms with Crippen LogP contribution in [0.15, 0.2) is 24.3 Å². The van der Waals surface area contributed by atoms with Crippen molar-refractivity contribution in [1.29, 1.82) is 0 Å². The molecule has 1 atom stereocenters. The van der Waals surface area contributed by atoms with E-state index in [1.807, 2.05) is 0 Å². The first-order chi connectivity index (χ1) is 20.3. The number of rotatable bonds is 30. The van der Waals surface area contributed by atoms with Gasteiger partial charge in [-0.15, -0.1) is 0 Å². The molecular formula is C33H61O8P. The van der Waals surface area contributed by atoms with Gasteiger partial charge in [-0.1, -0.05) is 128 Å². The van der Waals surface area contributed by atoms with Crippen molar-refractivity contribution in [3.8, 4) is 0 Å². The van der Waals surface area contributed by atoms with Crippen LogP contribution in [0.3, 0.4) is 0 Å². The normalized spacial score (nSPS) is 12.8. The number of phosphoric ester groups is 1. The molecule has 0 aromatic carbocycles. The van der Waals surface area contributed by atoms with E-state index in [4.69, 9.17) is 19.3 Å². The van der Waals surface area contributed by atoms with Crippen molar-refractivity contribution in [1.82, 2.24) is 0 Å². The number of carbonyl (C=O) groups excluding carboxylic acids is 2. The fraction of sp³-hybridized carbons (Fsp3) is 0.818. The molecule has 9 heteroatoms. The van der Waals surface area contributed by atoms with Crippen molar-refractivity contribution in [2.75, 3.05) is 13.2 Å². The maximum Gasteiger partial charge on any atom is 0.469 e. The van der Waals surface area contributed by atoms with Crippen LogP contribution in [0, 0.1) is 0 Å². The second kappa shape index (κ2) is 29.6. The van der Waals surface area contributed by atoms with Crippen LogP contribution >= 0.6 is 7.82 Å². The molecule has 8 nitrogen and oxygen atoms in total. The van der Waals surface area contributed by atoms with E-state index < -0.39 is 32.5 Å². The maximum absolute atomic E-state index is 12.3. The van der Waals surface area contributed by atoms with Gasteiger partial charge in [0.1, 0.15) is 6.61 Å². The number of unbranched alkanes of at least 4 members (excludes halogenated alkanes) is 16. The molecule has 0 heterocycles. The van der Waals surface area contributed by atoms with E-state index in [9.17, 15) is 14.2 Å². The summed E-state index contributed by atoms with van der Waals surface area (Å²) >= 11 is 0. The van der Waals surface area contributed by atoms with Gasteiger partial charge in [-0.2, -0.15) is 0 Å². The lowest BCUT2D eigenvalue weighted by Crippen LogP contribution is -2.29. The summed E-state index contributed by atoms with van der Waals surface area (Å²) in [6, 6.07) is 0. The van der Waals surface area contributed by atoms with E-state index >= 15 is 0 Å². The van der Waals surface area contributed by atoms with Crippen molar-refractivity contribution in [3.05, 3.63) is 24.3 Å². The summed E-state index contributed by atoms with van der Waals surface area (Å²) in [5.41, 5.74) is 0. The number of hydrogen-bond donors (Lipinski definition) is 2. The topological polar surface area (TPSA) is 119 Å². The second-order valence-electron chi connectivity index (χ2n) is 11.1. The SMILES string of the molecule is CCCC/C=C\C/C=C\CCCCCCCC(=O)OC[C@H](COP(=O)(O)O)OC(=O)CCCCCCCCCCCC. The highest BCUT2D eigenvalue weighted by atomic mass is 31.2. The van der Waals surface area contributed by atoms with Crippen molar-refractivity contribution >= 4 is 19.8 Å². The Balaban J connectivity index is 4.03. The molecule has 0 fully saturated rings. The first-order valence-corrected chi connectivity index (χ1v) is 18.2. The highest BCUT2D eigenvalue weighted by Crippen LogP contribution is 2.35. The Labute approximate surface area is 256 Å². The highest BCUT2D eigenvalue weighted by molar-refractivity contribution is 7.46. The van der Waals surface area contributed by atoms with Gasteiger partial charge in [0.15, 0.2) is 6.10 Å². The highest BCUT2D eigenvalue weighted by Gasteiger charge is 2.22. The van der Waals surface area contributed by atoms with Gasteiger partial charge in [0.05, 0.1) is 6.61 Å². The third-order valence-electron chi connectivity index (χ3n) is 6.97. The smallest absolute Gasteiger partial charge is 0.462 e. The molecule has 246 valence electrons. The van der Waals surface area contributed by atoms with Gasteiger partial charge in [-0.3, -0.25) is 14.1 Å². The van der Waals surface area contributed by atoms with Crippen LogP contribution in [-0.2, 0) is 28.2 Å². The molecule has 0 saturated heterocycles. The van der Waals surface area contributed by atoms with Gasteiger partial charge < -0.3 is 19.3 Å². The first-order valence-electron chi connectivity index (χ1n) is 16.6. The minimum absolute atomic E-state index is 0.211. The molecule has 0 aromatic rings. The monoisotopic (exact) mass is 616 g/mol. The molecule has 0 aliphatic rings. The largest absolute Gasteiger partial charge is 0.469 e. The van der Waals surface area contributed by atoms with Crippen molar-refractivity contribution in [2.24, 2.45) is 0 Å². The summed E-state index contributed by atoms with van der Waals surface area (Å²) in [5.74, 6) is -0.903. The van der Waals surface area contributed by atoms with Gasteiger partial charge in [-0.05, 0) is 38.5 Å². The summed E-state index contributed by atoms with van der Waals surface area (Å²) in [6.45, 7) is 3.59. The molecule has 0 rings (SSSR count). The summed E-state index contributed by atoms with van der Waals surface area (Å²) in [5, 5.41) is 0. The number of ether oxygens (including phenoxy) is 2. The van der Waals surface area contributed by atoms with E-state index in [1.54, 1.807) is 0 Å². The van der Waals surface area contributed by atoms with Crippen LogP contribution in [-0.4, -0.2) is 41.0 Å². The van der Waals surface area contributed by atoms with Crippen molar-refractivity contribution < 1.29 is 37.9 Å². The Morgan fingerprint density at radius 3 is 1.64 bits per heavy atom. The van der Waals surface area contributed by atoms with Crippen molar-refractivity contribution in [2.45, 2.75) is 161 Å². The Bertz CT molecular complexity index is 746. The van der Waals surface area contributed by atoms with E-state index in [-0.39, 0.29) is 19.4 Å². The van der Waals surface area contributed by atoms with Crippen LogP contribution in [0.4, 0.5) is 0 Å². The average molecular weight is 617 g/mol. The van der Waals surface area contributed by atoms with Crippen LogP contribution in [0.5, 0.6) is 0 Å². The molecule has 42 heavy (non-hydrogen) atoms. The maximum atomic E-state index is 12.3. The molecular weight excluding hydrogens is 555 g/mol. The van der Waals surface area contributed by atoms with Gasteiger partial charge >= 0.3 is 19.8 Å². The van der Waals surface area contributed by atoms with E-state index in [0.717, 1.165) is 64.2 Å². The van der Waals surface area contributed by atoms with E-state index in [0.29, 0.717) is 12.8 Å². The lowest BCUT2D eigenvalue weighted by atomic mass is 10.1. The van der Waals surface area contributed by atoms with Gasteiger partial charge in [-0.25, -0.2) is 4.57 Å². The fourth-order valence-corrected chi connectivity index (χ4v) is 4.81. The minimum atomic E-state index is -4.74. The molecule has 2 N–H and O–H groups in total. The lowest BCUT2D eigenvalue weighted by Gasteiger charge is -2.18. The molecule has 0 bridgehead atoms. The number of phosphoric acid groups is 1. The number of allylic oxidation sites excluding steroid dienone is 4. The number of hydrogen-bond acceptors (Lipinski definition) is 6. The van der Waals surface area contributed by atoms with E-state index in [1.165, 1.54) is 51.4 Å². The zero-order valence-electron chi connectivity index (χ0n) is 26.6. The van der Waals surface area contributed by atoms with Gasteiger partial charge in [0.2, 0.25) is 0 Å². The molecule has 0 saturated carbocycles. The Hall–Kier alpha value is -1.47. The third kappa shape index (κ3) is 31.5. The van der Waals surface area contributed by atoms with Crippen LogP contribution in [0.1, 0.15) is 155 Å². The quantitative estimate of drug-likeness (QED) is 0.0355. The zero-order chi connectivity index (χ0) is 31.2. The van der Waals surface area contributed by atoms with E-state index in [2.05, 4.69) is 42.7 Å². The fourth-order valence-electron chi connectivity index (χ4n) is 4.45. The third-order valence-corrected chi connectivity index (χ3v) is 7.46. The average Bonchev–Trinajstić information content (AvgIpc) is 2.95. The molecule has 0 aliphatic heterocycles. The Morgan fingerprint density at radius 1 is 0.619 bits per heavy atom. The lowest BCUT2D eigenvalue weighted by molar-refractivity contribution is -0.161. The molecule has 0 aromatic heterocycles. The van der Waals surface area contributed by atoms with Crippen molar-refractivity contribution in [3.63, 3.8) is 0 Å². The first kappa shape index (κ1) is 40.5. The van der Waals surface area contributed by atoms with Gasteiger partial charge in [0.25, 0.3) is 0 Å². The summed E-state index contributed by atoms with van der Waals surface area (Å²) in [7, 11) is -4.74. The molecule has 0 unspecified atom stereocenters. The summed E-state index contributed by atoms with van der Waals surface area (Å²) in [6.07, 6.45) is 30.4. The minimum Gasteiger partial charge on any atom is -0.462 e. The standard InChI is InChI=1S/C33H61O8P/c1-3-5-7-9-11-13-15-16-17-18-20-21-23-25-27-32(34)39-29-31(30-40-42(36,37)38)41-33(35)28-26-24-22-19-14-12-10-8-6-4-2/h9,11,15-16,31H,3-8,10,12-14,17-30H2,1-2H3,(H2,36,37,38)/b11-9-,16-15-/t31-/m1/s1. The molecule has 0 aliphatic carbocycles. The Kier molecular flexibility index (Phi) is 28.6. The summed E-state index contributed by atoms with van der Waals surface area (Å²) < 4.78 is 26.2. The zero-order valence-corrected chi connectivity index (χ0v) is 27.5. The second-order valence-corrected chi connectivity index (χ2v) is 12.4. The molecule has 0 radical (unpaired) electrons. The number of carbonyl (C=O) groups is 2. The Morgan fingerprint density at radius 2 is 1.10 bits per heavy atom. The van der Waals surface area contributed by atoms with Gasteiger partial charge in [0, 0.05) is 12.8 Å². The van der Waals surface area contributed by atoms with Crippen LogP contribution in [0.25, 0.3) is 0 Å². The molecule has 0 amide bonds. The molecule has 0 spiro atoms. The predicted molar refractivity (Wildman–Crippen MR) is 170 cm³/mol. The van der Waals surface area contributed by atoms with Crippen LogP contribution < -0.4 is 0 Å². The predicted octanol–water partition coefficient (Wildman–Crippen LogP) is 9.29. The van der Waals surface area contributed by atoms with Crippen LogP contribution in [0.2, 0.25) is 0 Å². The summed E-state index contributed by atoms with van der Waals surface area (Å²) in [4.78, 5) is 42.4.